The lowest BCUT2D eigenvalue weighted by Crippen LogP contribution is -2.27. The Hall–Kier alpha value is -1.42. The van der Waals surface area contributed by atoms with E-state index in [-0.39, 0.29) is 5.78 Å². The Morgan fingerprint density at radius 2 is 2.32 bits per heavy atom. The maximum atomic E-state index is 11.5. The number of hydrogen-bond acceptors (Lipinski definition) is 4. The van der Waals surface area contributed by atoms with Crippen LogP contribution in [-0.2, 0) is 0 Å². The molecule has 19 heavy (non-hydrogen) atoms. The number of carbonyl (C=O) groups excluding carboxylic acids is 1. The number of pyridine rings is 1. The molecule has 1 saturated heterocycles. The fraction of sp³-hybridized carbons (Fsp3) is 0.600. The number of rotatable bonds is 5. The van der Waals surface area contributed by atoms with E-state index in [4.69, 9.17) is 0 Å². The van der Waals surface area contributed by atoms with Crippen LogP contribution in [0.15, 0.2) is 18.3 Å². The van der Waals surface area contributed by atoms with E-state index in [9.17, 15) is 4.79 Å². The van der Waals surface area contributed by atoms with Gasteiger partial charge in [0.05, 0.1) is 11.9 Å². The van der Waals surface area contributed by atoms with Gasteiger partial charge in [-0.3, -0.25) is 9.78 Å². The van der Waals surface area contributed by atoms with E-state index in [2.05, 4.69) is 28.9 Å². The topological polar surface area (TPSA) is 36.4 Å². The quantitative estimate of drug-likeness (QED) is 0.760. The van der Waals surface area contributed by atoms with E-state index in [1.54, 1.807) is 0 Å². The highest BCUT2D eigenvalue weighted by Crippen LogP contribution is 2.19. The van der Waals surface area contributed by atoms with Gasteiger partial charge in [0.2, 0.25) is 0 Å². The summed E-state index contributed by atoms with van der Waals surface area (Å²) >= 11 is 0. The Labute approximate surface area is 115 Å². The molecule has 104 valence electrons. The molecular weight excluding hydrogens is 238 g/mol. The Balaban J connectivity index is 1.95. The summed E-state index contributed by atoms with van der Waals surface area (Å²) in [6, 6.07) is 3.83. The Bertz CT molecular complexity index is 430. The normalized spacial score (nSPS) is 19.6. The van der Waals surface area contributed by atoms with Crippen molar-refractivity contribution in [2.45, 2.75) is 19.8 Å². The molecule has 1 aliphatic rings. The number of carbonyl (C=O) groups is 1. The molecule has 0 spiro atoms. The first-order chi connectivity index (χ1) is 9.10. The molecule has 0 saturated carbocycles. The van der Waals surface area contributed by atoms with E-state index >= 15 is 0 Å². The second kappa shape index (κ2) is 6.15. The summed E-state index contributed by atoms with van der Waals surface area (Å²) in [5.41, 5.74) is 1.66. The molecule has 0 N–H and O–H groups in total. The smallest absolute Gasteiger partial charge is 0.180 e. The summed E-state index contributed by atoms with van der Waals surface area (Å²) in [5, 5.41) is 0. The maximum absolute atomic E-state index is 11.5. The second-order valence-electron chi connectivity index (χ2n) is 5.48. The Morgan fingerprint density at radius 3 is 2.84 bits per heavy atom. The minimum absolute atomic E-state index is 0.103. The zero-order valence-corrected chi connectivity index (χ0v) is 12.1. The average Bonchev–Trinajstić information content (AvgIpc) is 2.83. The lowest BCUT2D eigenvalue weighted by Gasteiger charge is -2.22. The summed E-state index contributed by atoms with van der Waals surface area (Å²) < 4.78 is 0. The SMILES string of the molecule is CCC(=O)c1ccc(N(C)CC2CCN(C)C2)cn1. The van der Waals surface area contributed by atoms with Gasteiger partial charge in [-0.2, -0.15) is 0 Å². The van der Waals surface area contributed by atoms with Gasteiger partial charge in [-0.25, -0.2) is 0 Å². The first-order valence-electron chi connectivity index (χ1n) is 6.99. The number of nitrogens with zero attached hydrogens (tertiary/aromatic N) is 3. The van der Waals surface area contributed by atoms with Gasteiger partial charge in [0, 0.05) is 26.6 Å². The first kappa shape index (κ1) is 14.0. The molecule has 1 aromatic heterocycles. The van der Waals surface area contributed by atoms with Gasteiger partial charge in [-0.05, 0) is 38.1 Å². The van der Waals surface area contributed by atoms with Crippen LogP contribution in [0.3, 0.4) is 0 Å². The molecule has 0 radical (unpaired) electrons. The van der Waals surface area contributed by atoms with Crippen LogP contribution in [-0.4, -0.2) is 49.4 Å². The third kappa shape index (κ3) is 3.53. The number of likely N-dealkylation sites (tertiary alicyclic amines) is 1. The van der Waals surface area contributed by atoms with E-state index in [1.165, 1.54) is 19.5 Å². The molecule has 0 aromatic carbocycles. The van der Waals surface area contributed by atoms with Crippen LogP contribution < -0.4 is 4.90 Å². The van der Waals surface area contributed by atoms with Crippen molar-refractivity contribution in [1.29, 1.82) is 0 Å². The minimum Gasteiger partial charge on any atom is -0.373 e. The van der Waals surface area contributed by atoms with E-state index in [0.29, 0.717) is 12.1 Å². The molecule has 4 heteroatoms. The van der Waals surface area contributed by atoms with Crippen LogP contribution in [0.25, 0.3) is 0 Å². The average molecular weight is 261 g/mol. The molecule has 2 heterocycles. The second-order valence-corrected chi connectivity index (χ2v) is 5.48. The van der Waals surface area contributed by atoms with Crippen LogP contribution in [0.5, 0.6) is 0 Å². The van der Waals surface area contributed by atoms with Crippen molar-refractivity contribution < 1.29 is 4.79 Å². The van der Waals surface area contributed by atoms with Crippen LogP contribution in [0, 0.1) is 5.92 Å². The molecule has 0 aliphatic carbocycles. The lowest BCUT2D eigenvalue weighted by atomic mass is 10.1. The van der Waals surface area contributed by atoms with Gasteiger partial charge < -0.3 is 9.80 Å². The van der Waals surface area contributed by atoms with Crippen molar-refractivity contribution in [3.8, 4) is 0 Å². The van der Waals surface area contributed by atoms with E-state index in [1.807, 2.05) is 25.3 Å². The largest absolute Gasteiger partial charge is 0.373 e. The molecule has 0 bridgehead atoms. The molecule has 1 aromatic rings. The Kier molecular flexibility index (Phi) is 4.53. The number of hydrogen-bond donors (Lipinski definition) is 0. The van der Waals surface area contributed by atoms with Crippen molar-refractivity contribution in [2.75, 3.05) is 38.6 Å². The summed E-state index contributed by atoms with van der Waals surface area (Å²) in [7, 11) is 4.27. The molecule has 1 atom stereocenters. The van der Waals surface area contributed by atoms with E-state index in [0.717, 1.165) is 18.2 Å². The maximum Gasteiger partial charge on any atom is 0.180 e. The highest BCUT2D eigenvalue weighted by atomic mass is 16.1. The third-order valence-electron chi connectivity index (χ3n) is 3.82. The minimum atomic E-state index is 0.103. The van der Waals surface area contributed by atoms with Crippen molar-refractivity contribution in [2.24, 2.45) is 5.92 Å². The van der Waals surface area contributed by atoms with Crippen LogP contribution in [0.1, 0.15) is 30.3 Å². The highest BCUT2D eigenvalue weighted by Gasteiger charge is 2.21. The molecule has 2 rings (SSSR count). The van der Waals surface area contributed by atoms with Gasteiger partial charge in [0.1, 0.15) is 5.69 Å². The zero-order chi connectivity index (χ0) is 13.8. The third-order valence-corrected chi connectivity index (χ3v) is 3.82. The number of Topliss-reactive ketones (excluding diaryl/α,β-unsaturated/α-hetero) is 1. The number of aromatic nitrogens is 1. The number of ketones is 1. The molecule has 0 amide bonds. The van der Waals surface area contributed by atoms with Crippen molar-refractivity contribution in [3.05, 3.63) is 24.0 Å². The molecule has 1 fully saturated rings. The van der Waals surface area contributed by atoms with Gasteiger partial charge >= 0.3 is 0 Å². The zero-order valence-electron chi connectivity index (χ0n) is 12.1. The van der Waals surface area contributed by atoms with Crippen molar-refractivity contribution in [1.82, 2.24) is 9.88 Å². The summed E-state index contributed by atoms with van der Waals surface area (Å²) in [4.78, 5) is 20.4. The fourth-order valence-corrected chi connectivity index (χ4v) is 2.63. The fourth-order valence-electron chi connectivity index (χ4n) is 2.63. The van der Waals surface area contributed by atoms with Crippen LogP contribution >= 0.6 is 0 Å². The number of anilines is 1. The molecule has 1 aliphatic heterocycles. The predicted octanol–water partition coefficient (Wildman–Crippen LogP) is 2.06. The van der Waals surface area contributed by atoms with Gasteiger partial charge in [-0.15, -0.1) is 0 Å². The predicted molar refractivity (Wildman–Crippen MR) is 77.7 cm³/mol. The van der Waals surface area contributed by atoms with E-state index < -0.39 is 0 Å². The highest BCUT2D eigenvalue weighted by molar-refractivity contribution is 5.94. The molecule has 1 unspecified atom stereocenters. The summed E-state index contributed by atoms with van der Waals surface area (Å²) in [5.74, 6) is 0.832. The monoisotopic (exact) mass is 261 g/mol. The first-order valence-corrected chi connectivity index (χ1v) is 6.99. The summed E-state index contributed by atoms with van der Waals surface area (Å²) in [6.07, 6.45) is 3.58. The van der Waals surface area contributed by atoms with Crippen molar-refractivity contribution >= 4 is 11.5 Å². The van der Waals surface area contributed by atoms with Crippen LogP contribution in [0.2, 0.25) is 0 Å². The van der Waals surface area contributed by atoms with Gasteiger partial charge in [-0.1, -0.05) is 6.92 Å². The Morgan fingerprint density at radius 1 is 1.53 bits per heavy atom. The van der Waals surface area contributed by atoms with Crippen molar-refractivity contribution in [3.63, 3.8) is 0 Å². The molecule has 4 nitrogen and oxygen atoms in total. The summed E-state index contributed by atoms with van der Waals surface area (Å²) in [6.45, 7) is 5.28. The van der Waals surface area contributed by atoms with Gasteiger partial charge in [0.25, 0.3) is 0 Å². The lowest BCUT2D eigenvalue weighted by molar-refractivity contribution is 0.0983. The van der Waals surface area contributed by atoms with Gasteiger partial charge in [0.15, 0.2) is 5.78 Å². The standard InChI is InChI=1S/C15H23N3O/c1-4-15(19)14-6-5-13(9-16-14)18(3)11-12-7-8-17(2)10-12/h5-6,9,12H,4,7-8,10-11H2,1-3H3. The van der Waals surface area contributed by atoms with Crippen LogP contribution in [0.4, 0.5) is 5.69 Å². The molecular formula is C15H23N3O.